The fraction of sp³-hybridized carbons (Fsp3) is 0.556. The van der Waals surface area contributed by atoms with Gasteiger partial charge in [-0.2, -0.15) is 0 Å². The Hall–Kier alpha value is -3.33. The van der Waals surface area contributed by atoms with Gasteiger partial charge in [0.1, 0.15) is 6.61 Å². The molecule has 0 unspecified atom stereocenters. The van der Waals surface area contributed by atoms with Crippen molar-refractivity contribution < 1.29 is 43.0 Å². The molecule has 0 aliphatic carbocycles. The molecular formula is C45H71O9P. The van der Waals surface area contributed by atoms with Gasteiger partial charge in [0, 0.05) is 12.8 Å². The Balaban J connectivity index is 4.22. The molecule has 9 nitrogen and oxygen atoms in total. The van der Waals surface area contributed by atoms with Gasteiger partial charge in [-0.3, -0.25) is 14.1 Å². The molecule has 0 fully saturated rings. The lowest BCUT2D eigenvalue weighted by atomic mass is 10.1. The third kappa shape index (κ3) is 41.7. The molecule has 0 saturated heterocycles. The van der Waals surface area contributed by atoms with E-state index in [4.69, 9.17) is 19.3 Å². The second kappa shape index (κ2) is 38.9. The van der Waals surface area contributed by atoms with Crippen molar-refractivity contribution in [3.05, 3.63) is 109 Å². The van der Waals surface area contributed by atoms with Crippen molar-refractivity contribution in [2.24, 2.45) is 0 Å². The Kier molecular flexibility index (Phi) is 36.6. The number of hydrogen-bond acceptors (Lipinski definition) is 7. The predicted octanol–water partition coefficient (Wildman–Crippen LogP) is 11.4. The van der Waals surface area contributed by atoms with Gasteiger partial charge in [0.05, 0.1) is 12.7 Å². The average Bonchev–Trinajstić information content (AvgIpc) is 3.15. The van der Waals surface area contributed by atoms with Gasteiger partial charge in [0.25, 0.3) is 0 Å². The Morgan fingerprint density at radius 3 is 1.49 bits per heavy atom. The van der Waals surface area contributed by atoms with E-state index in [1.165, 1.54) is 25.7 Å². The number of phosphoric acid groups is 1. The number of aliphatic hydroxyl groups is 1. The Morgan fingerprint density at radius 2 is 1.00 bits per heavy atom. The van der Waals surface area contributed by atoms with Gasteiger partial charge in [-0.1, -0.05) is 149 Å². The Bertz CT molecular complexity index is 1270. The van der Waals surface area contributed by atoms with Crippen molar-refractivity contribution in [3.63, 3.8) is 0 Å². The topological polar surface area (TPSA) is 140 Å². The fourth-order valence-corrected chi connectivity index (χ4v) is 5.14. The van der Waals surface area contributed by atoms with Crippen LogP contribution >= 0.6 is 7.82 Å². The molecule has 0 aromatic carbocycles. The maximum Gasteiger partial charge on any atom is 0.469 e. The molecule has 310 valence electrons. The van der Waals surface area contributed by atoms with Gasteiger partial charge < -0.3 is 24.4 Å². The summed E-state index contributed by atoms with van der Waals surface area (Å²) in [7, 11) is -4.80. The molecular weight excluding hydrogens is 715 g/mol. The third-order valence-electron chi connectivity index (χ3n) is 7.85. The minimum atomic E-state index is -4.80. The summed E-state index contributed by atoms with van der Waals surface area (Å²) >= 11 is 0. The Morgan fingerprint density at radius 1 is 0.545 bits per heavy atom. The van der Waals surface area contributed by atoms with Crippen LogP contribution in [0.15, 0.2) is 109 Å². The van der Waals surface area contributed by atoms with Crippen LogP contribution in [-0.4, -0.2) is 52.3 Å². The number of allylic oxidation sites excluding steroid dienone is 17. The third-order valence-corrected chi connectivity index (χ3v) is 8.33. The van der Waals surface area contributed by atoms with E-state index >= 15 is 0 Å². The van der Waals surface area contributed by atoms with E-state index < -0.39 is 32.5 Å². The van der Waals surface area contributed by atoms with E-state index in [2.05, 4.69) is 91.3 Å². The van der Waals surface area contributed by atoms with Crippen LogP contribution in [0.25, 0.3) is 0 Å². The normalized spacial score (nSPS) is 14.2. The number of aliphatic hydroxyl groups excluding tert-OH is 1. The molecule has 2 atom stereocenters. The highest BCUT2D eigenvalue weighted by atomic mass is 31.2. The molecule has 3 N–H and O–H groups in total. The first-order valence-corrected chi connectivity index (χ1v) is 21.8. The van der Waals surface area contributed by atoms with Crippen LogP contribution in [0.4, 0.5) is 0 Å². The van der Waals surface area contributed by atoms with Crippen LogP contribution in [-0.2, 0) is 28.2 Å². The SMILES string of the molecule is CCCCC/C=C\C/C=C\C/C=C\C/C=C\C/C=C\CCC(=O)OC[C@H](COP(=O)(O)O)OC(=O)CCC/C=C\C/C=C\C/C=C\C/C=C\[C@H](O)CCCC. The highest BCUT2D eigenvalue weighted by Gasteiger charge is 2.22. The van der Waals surface area contributed by atoms with E-state index in [0.717, 1.165) is 64.2 Å². The minimum Gasteiger partial charge on any atom is -0.462 e. The zero-order valence-corrected chi connectivity index (χ0v) is 34.5. The fourth-order valence-electron chi connectivity index (χ4n) is 4.78. The molecule has 0 aromatic heterocycles. The number of carbonyl (C=O) groups excluding carboxylic acids is 2. The number of esters is 2. The molecule has 0 bridgehead atoms. The van der Waals surface area contributed by atoms with Crippen LogP contribution in [0.3, 0.4) is 0 Å². The number of unbranched alkanes of at least 4 members (excludes halogenated alkanes) is 5. The number of rotatable bonds is 35. The summed E-state index contributed by atoms with van der Waals surface area (Å²) in [5.74, 6) is -1.08. The molecule has 0 radical (unpaired) electrons. The van der Waals surface area contributed by atoms with E-state index in [9.17, 15) is 19.3 Å². The first-order chi connectivity index (χ1) is 26.7. The van der Waals surface area contributed by atoms with Crippen molar-refractivity contribution in [2.75, 3.05) is 13.2 Å². The van der Waals surface area contributed by atoms with Gasteiger partial charge in [-0.05, 0) is 83.5 Å². The summed E-state index contributed by atoms with van der Waals surface area (Å²) in [4.78, 5) is 42.7. The molecule has 0 heterocycles. The number of carbonyl (C=O) groups is 2. The van der Waals surface area contributed by atoms with Crippen molar-refractivity contribution >= 4 is 19.8 Å². The van der Waals surface area contributed by atoms with E-state index in [1.807, 2.05) is 36.5 Å². The summed E-state index contributed by atoms with van der Waals surface area (Å²) in [5.41, 5.74) is 0. The zero-order valence-electron chi connectivity index (χ0n) is 33.6. The Labute approximate surface area is 332 Å². The number of ether oxygens (including phenoxy) is 2. The number of hydrogen-bond donors (Lipinski definition) is 3. The standard InChI is InChI=1S/C45H71O9P/c1-3-5-7-8-9-10-11-12-13-14-15-16-17-18-22-25-28-31-34-38-44(47)52-40-43(41-53-55(49,50)51)54-45(48)39-35-32-29-26-23-20-19-21-24-27-30-33-37-42(46)36-6-4-2/h9-10,12-13,15-16,18-20,22,24,26-29,31,33,37,42-43,46H,3-8,11,14,17,21,23,25,30,32,34-36,38-41H2,1-2H3,(H2,49,50,51)/b10-9-,13-12-,16-15-,20-19-,22-18-,27-24-,29-26-,31-28-,37-33-/t42-,43-/m1/s1. The second-order valence-corrected chi connectivity index (χ2v) is 14.3. The predicted molar refractivity (Wildman–Crippen MR) is 226 cm³/mol. The van der Waals surface area contributed by atoms with Crippen LogP contribution < -0.4 is 0 Å². The molecule has 0 spiro atoms. The minimum absolute atomic E-state index is 0.0969. The maximum atomic E-state index is 12.4. The summed E-state index contributed by atoms with van der Waals surface area (Å²) in [5, 5.41) is 9.79. The van der Waals surface area contributed by atoms with E-state index in [1.54, 1.807) is 0 Å². The summed E-state index contributed by atoms with van der Waals surface area (Å²) < 4.78 is 26.2. The lowest BCUT2D eigenvalue weighted by Gasteiger charge is -2.18. The molecule has 0 aliphatic rings. The molecule has 0 amide bonds. The smallest absolute Gasteiger partial charge is 0.462 e. The van der Waals surface area contributed by atoms with Crippen LogP contribution in [0.2, 0.25) is 0 Å². The molecule has 55 heavy (non-hydrogen) atoms. The van der Waals surface area contributed by atoms with Crippen molar-refractivity contribution in [3.8, 4) is 0 Å². The van der Waals surface area contributed by atoms with Gasteiger partial charge in [0.2, 0.25) is 0 Å². The largest absolute Gasteiger partial charge is 0.469 e. The van der Waals surface area contributed by atoms with Crippen LogP contribution in [0.5, 0.6) is 0 Å². The summed E-state index contributed by atoms with van der Waals surface area (Å²) in [6, 6.07) is 0. The second-order valence-electron chi connectivity index (χ2n) is 13.1. The molecule has 0 rings (SSSR count). The summed E-state index contributed by atoms with van der Waals surface area (Å²) in [6.45, 7) is 3.37. The van der Waals surface area contributed by atoms with Crippen molar-refractivity contribution in [2.45, 2.75) is 148 Å². The van der Waals surface area contributed by atoms with Gasteiger partial charge in [-0.15, -0.1) is 0 Å². The lowest BCUT2D eigenvalue weighted by Crippen LogP contribution is -2.29. The first-order valence-electron chi connectivity index (χ1n) is 20.3. The summed E-state index contributed by atoms with van der Waals surface area (Å²) in [6.07, 6.45) is 51.6. The molecule has 10 heteroatoms. The lowest BCUT2D eigenvalue weighted by molar-refractivity contribution is -0.161. The van der Waals surface area contributed by atoms with E-state index in [0.29, 0.717) is 19.3 Å². The van der Waals surface area contributed by atoms with Crippen molar-refractivity contribution in [1.82, 2.24) is 0 Å². The molecule has 0 aliphatic heterocycles. The zero-order chi connectivity index (χ0) is 40.5. The quantitative estimate of drug-likeness (QED) is 0.0248. The monoisotopic (exact) mass is 786 g/mol. The van der Waals surface area contributed by atoms with Gasteiger partial charge >= 0.3 is 19.8 Å². The highest BCUT2D eigenvalue weighted by molar-refractivity contribution is 7.46. The maximum absolute atomic E-state index is 12.4. The van der Waals surface area contributed by atoms with Gasteiger partial charge in [0.15, 0.2) is 6.10 Å². The highest BCUT2D eigenvalue weighted by Crippen LogP contribution is 2.35. The van der Waals surface area contributed by atoms with E-state index in [-0.39, 0.29) is 25.6 Å². The van der Waals surface area contributed by atoms with Gasteiger partial charge in [-0.25, -0.2) is 4.57 Å². The number of phosphoric ester groups is 1. The van der Waals surface area contributed by atoms with Crippen LogP contribution in [0, 0.1) is 0 Å². The average molecular weight is 787 g/mol. The molecule has 0 saturated carbocycles. The van der Waals surface area contributed by atoms with Crippen molar-refractivity contribution in [1.29, 1.82) is 0 Å². The molecule has 0 aromatic rings. The van der Waals surface area contributed by atoms with Crippen LogP contribution in [0.1, 0.15) is 136 Å². The first kappa shape index (κ1) is 51.7.